The number of thioether (sulfide) groups is 1. The van der Waals surface area contributed by atoms with Crippen LogP contribution in [0.3, 0.4) is 0 Å². The van der Waals surface area contributed by atoms with Gasteiger partial charge in [-0.25, -0.2) is 8.42 Å². The lowest BCUT2D eigenvalue weighted by Gasteiger charge is -2.39. The van der Waals surface area contributed by atoms with Crippen LogP contribution in [-0.2, 0) is 9.84 Å². The van der Waals surface area contributed by atoms with Crippen LogP contribution in [0.15, 0.2) is 0 Å². The first kappa shape index (κ1) is 18.0. The van der Waals surface area contributed by atoms with E-state index in [1.165, 1.54) is 31.3 Å². The summed E-state index contributed by atoms with van der Waals surface area (Å²) in [6.45, 7) is 2.15. The van der Waals surface area contributed by atoms with E-state index in [1.807, 2.05) is 11.8 Å². The summed E-state index contributed by atoms with van der Waals surface area (Å²) in [5, 5.41) is 11.4. The molecule has 2 aliphatic heterocycles. The van der Waals surface area contributed by atoms with Crippen molar-refractivity contribution in [2.45, 2.75) is 67.8 Å². The summed E-state index contributed by atoms with van der Waals surface area (Å²) in [5.74, 6) is 1.87. The van der Waals surface area contributed by atoms with E-state index in [0.29, 0.717) is 23.5 Å². The van der Waals surface area contributed by atoms with Gasteiger partial charge in [-0.1, -0.05) is 0 Å². The Morgan fingerprint density at radius 1 is 1.13 bits per heavy atom. The SMILES string of the molecule is CS(=O)(=O)C1CCC(C2CCCC(NCC3NCCS3)N2)CC1. The summed E-state index contributed by atoms with van der Waals surface area (Å²) < 4.78 is 23.4. The van der Waals surface area contributed by atoms with E-state index in [9.17, 15) is 8.42 Å². The molecule has 7 heteroatoms. The molecular weight excluding hydrogens is 330 g/mol. The molecule has 1 saturated carbocycles. The van der Waals surface area contributed by atoms with Crippen LogP contribution in [0.2, 0.25) is 0 Å². The molecule has 3 fully saturated rings. The van der Waals surface area contributed by atoms with Crippen molar-refractivity contribution in [1.29, 1.82) is 0 Å². The third-order valence-electron chi connectivity index (χ3n) is 5.66. The molecule has 0 bridgehead atoms. The van der Waals surface area contributed by atoms with Crippen molar-refractivity contribution < 1.29 is 8.42 Å². The number of piperidine rings is 1. The Balaban J connectivity index is 1.43. The summed E-state index contributed by atoms with van der Waals surface area (Å²) >= 11 is 2.00. The van der Waals surface area contributed by atoms with Crippen molar-refractivity contribution in [1.82, 2.24) is 16.0 Å². The second kappa shape index (κ2) is 8.04. The number of nitrogens with one attached hydrogen (secondary N) is 3. The van der Waals surface area contributed by atoms with Crippen LogP contribution in [0.25, 0.3) is 0 Å². The topological polar surface area (TPSA) is 70.2 Å². The Morgan fingerprint density at radius 2 is 1.91 bits per heavy atom. The highest BCUT2D eigenvalue weighted by atomic mass is 32.2. The number of hydrogen-bond donors (Lipinski definition) is 3. The van der Waals surface area contributed by atoms with Crippen LogP contribution >= 0.6 is 11.8 Å². The van der Waals surface area contributed by atoms with Crippen molar-refractivity contribution in [2.75, 3.05) is 25.1 Å². The van der Waals surface area contributed by atoms with Crippen molar-refractivity contribution >= 4 is 21.6 Å². The predicted octanol–water partition coefficient (Wildman–Crippen LogP) is 1.31. The van der Waals surface area contributed by atoms with Crippen molar-refractivity contribution in [3.63, 3.8) is 0 Å². The second-order valence-electron chi connectivity index (χ2n) is 7.34. The van der Waals surface area contributed by atoms with E-state index in [1.54, 1.807) is 0 Å². The van der Waals surface area contributed by atoms with E-state index >= 15 is 0 Å². The summed E-state index contributed by atoms with van der Waals surface area (Å²) in [6.07, 6.45) is 9.34. The zero-order valence-electron chi connectivity index (χ0n) is 14.1. The highest BCUT2D eigenvalue weighted by Gasteiger charge is 2.34. The highest BCUT2D eigenvalue weighted by Crippen LogP contribution is 2.33. The van der Waals surface area contributed by atoms with Gasteiger partial charge in [0.2, 0.25) is 0 Å². The van der Waals surface area contributed by atoms with Crippen LogP contribution in [0.1, 0.15) is 44.9 Å². The lowest BCUT2D eigenvalue weighted by atomic mass is 9.80. The van der Waals surface area contributed by atoms with Crippen molar-refractivity contribution in [3.8, 4) is 0 Å². The molecule has 0 aromatic rings. The van der Waals surface area contributed by atoms with Crippen LogP contribution in [0.5, 0.6) is 0 Å². The largest absolute Gasteiger partial charge is 0.303 e. The van der Waals surface area contributed by atoms with Gasteiger partial charge < -0.3 is 5.32 Å². The molecule has 3 atom stereocenters. The maximum Gasteiger partial charge on any atom is 0.150 e. The minimum absolute atomic E-state index is 0.0956. The first-order valence-corrected chi connectivity index (χ1v) is 12.1. The van der Waals surface area contributed by atoms with Gasteiger partial charge in [0, 0.05) is 31.1 Å². The lowest BCUT2D eigenvalue weighted by molar-refractivity contribution is 0.189. The van der Waals surface area contributed by atoms with Gasteiger partial charge in [0.15, 0.2) is 0 Å². The van der Waals surface area contributed by atoms with Crippen LogP contribution in [0.4, 0.5) is 0 Å². The molecule has 0 radical (unpaired) electrons. The molecule has 0 amide bonds. The molecule has 0 aromatic heterocycles. The molecule has 3 aliphatic rings. The summed E-state index contributed by atoms with van der Waals surface area (Å²) in [5.41, 5.74) is 0. The van der Waals surface area contributed by atoms with Gasteiger partial charge >= 0.3 is 0 Å². The Morgan fingerprint density at radius 3 is 2.57 bits per heavy atom. The van der Waals surface area contributed by atoms with E-state index < -0.39 is 9.84 Å². The second-order valence-corrected chi connectivity index (χ2v) is 11.0. The number of hydrogen-bond acceptors (Lipinski definition) is 6. The molecule has 3 unspecified atom stereocenters. The van der Waals surface area contributed by atoms with Gasteiger partial charge in [-0.3, -0.25) is 10.6 Å². The lowest BCUT2D eigenvalue weighted by Crippen LogP contribution is -2.55. The van der Waals surface area contributed by atoms with E-state index in [-0.39, 0.29) is 5.25 Å². The Hall–Kier alpha value is 0.180. The third-order valence-corrected chi connectivity index (χ3v) is 8.52. The molecule has 134 valence electrons. The maximum absolute atomic E-state index is 11.7. The molecule has 5 nitrogen and oxygen atoms in total. The van der Waals surface area contributed by atoms with Gasteiger partial charge in [-0.2, -0.15) is 0 Å². The maximum atomic E-state index is 11.7. The molecule has 3 N–H and O–H groups in total. The Labute approximate surface area is 145 Å². The van der Waals surface area contributed by atoms with Crippen molar-refractivity contribution in [2.24, 2.45) is 5.92 Å². The normalized spacial score (nSPS) is 39.4. The quantitative estimate of drug-likeness (QED) is 0.686. The first-order chi connectivity index (χ1) is 11.0. The Bertz CT molecular complexity index is 472. The van der Waals surface area contributed by atoms with Gasteiger partial charge in [-0.15, -0.1) is 11.8 Å². The molecule has 0 aromatic carbocycles. The molecule has 2 heterocycles. The smallest absolute Gasteiger partial charge is 0.150 e. The zero-order chi connectivity index (χ0) is 16.3. The monoisotopic (exact) mass is 361 g/mol. The Kier molecular flexibility index (Phi) is 6.29. The summed E-state index contributed by atoms with van der Waals surface area (Å²) in [6, 6.07) is 0.561. The first-order valence-electron chi connectivity index (χ1n) is 9.05. The van der Waals surface area contributed by atoms with Crippen molar-refractivity contribution in [3.05, 3.63) is 0 Å². The van der Waals surface area contributed by atoms with E-state index in [4.69, 9.17) is 0 Å². The molecule has 3 rings (SSSR count). The van der Waals surface area contributed by atoms with E-state index in [2.05, 4.69) is 16.0 Å². The fourth-order valence-corrected chi connectivity index (χ4v) is 6.38. The zero-order valence-corrected chi connectivity index (χ0v) is 15.7. The standard InChI is InChI=1S/C16H31N3O2S2/c1-23(20,21)13-7-5-12(6-8-13)14-3-2-4-15(19-14)18-11-16-17-9-10-22-16/h12-19H,2-11H2,1H3. The van der Waals surface area contributed by atoms with Crippen LogP contribution in [0, 0.1) is 5.92 Å². The molecule has 1 aliphatic carbocycles. The summed E-state index contributed by atoms with van der Waals surface area (Å²) in [7, 11) is -2.85. The van der Waals surface area contributed by atoms with Crippen LogP contribution in [-0.4, -0.2) is 56.3 Å². The fourth-order valence-electron chi connectivity index (χ4n) is 4.28. The average molecular weight is 362 g/mol. The minimum atomic E-state index is -2.85. The molecule has 0 spiro atoms. The summed E-state index contributed by atoms with van der Waals surface area (Å²) in [4.78, 5) is 0. The molecular formula is C16H31N3O2S2. The van der Waals surface area contributed by atoms with Gasteiger partial charge in [0.25, 0.3) is 0 Å². The fraction of sp³-hybridized carbons (Fsp3) is 1.00. The molecule has 23 heavy (non-hydrogen) atoms. The number of rotatable bonds is 5. The van der Waals surface area contributed by atoms with E-state index in [0.717, 1.165) is 38.8 Å². The third kappa shape index (κ3) is 5.08. The van der Waals surface area contributed by atoms with Gasteiger partial charge in [-0.05, 0) is 50.9 Å². The number of sulfone groups is 1. The highest BCUT2D eigenvalue weighted by molar-refractivity contribution is 8.00. The minimum Gasteiger partial charge on any atom is -0.303 e. The molecule has 2 saturated heterocycles. The predicted molar refractivity (Wildman–Crippen MR) is 97.4 cm³/mol. The average Bonchev–Trinajstić information content (AvgIpc) is 3.06. The van der Waals surface area contributed by atoms with Gasteiger partial charge in [0.05, 0.1) is 16.8 Å². The van der Waals surface area contributed by atoms with Crippen LogP contribution < -0.4 is 16.0 Å². The van der Waals surface area contributed by atoms with Gasteiger partial charge in [0.1, 0.15) is 9.84 Å².